The van der Waals surface area contributed by atoms with Gasteiger partial charge >= 0.3 is 0 Å². The summed E-state index contributed by atoms with van der Waals surface area (Å²) in [7, 11) is 3.72. The Morgan fingerprint density at radius 1 is 1.47 bits per heavy atom. The molecule has 4 heteroatoms. The zero-order valence-corrected chi connectivity index (χ0v) is 11.5. The molecule has 2 N–H and O–H groups in total. The van der Waals surface area contributed by atoms with E-state index in [-0.39, 0.29) is 0 Å². The molecular weight excluding hydrogens is 236 g/mol. The second kappa shape index (κ2) is 6.84. The molecule has 0 bridgehead atoms. The number of benzene rings is 1. The fourth-order valence-corrected chi connectivity index (χ4v) is 1.99. The topological polar surface area (TPSA) is 38.5 Å². The zero-order valence-electron chi connectivity index (χ0n) is 10.7. The molecule has 0 saturated carbocycles. The van der Waals surface area contributed by atoms with Crippen molar-refractivity contribution in [3.63, 3.8) is 0 Å². The third-order valence-corrected chi connectivity index (χ3v) is 3.28. The Bertz CT molecular complexity index is 357. The summed E-state index contributed by atoms with van der Waals surface area (Å²) in [6, 6.07) is 6.36. The van der Waals surface area contributed by atoms with Crippen molar-refractivity contribution >= 4 is 11.6 Å². The van der Waals surface area contributed by atoms with Gasteiger partial charge in [-0.15, -0.1) is 0 Å². The van der Waals surface area contributed by atoms with Crippen LogP contribution in [-0.2, 0) is 6.54 Å². The van der Waals surface area contributed by atoms with E-state index in [1.807, 2.05) is 18.2 Å². The van der Waals surface area contributed by atoms with Crippen LogP contribution in [0.2, 0.25) is 5.02 Å². The Kier molecular flexibility index (Phi) is 5.75. The van der Waals surface area contributed by atoms with Gasteiger partial charge in [0.15, 0.2) is 0 Å². The van der Waals surface area contributed by atoms with Gasteiger partial charge in [0, 0.05) is 12.6 Å². The fourth-order valence-electron chi connectivity index (χ4n) is 1.71. The largest absolute Gasteiger partial charge is 0.495 e. The lowest BCUT2D eigenvalue weighted by atomic mass is 10.1. The Morgan fingerprint density at radius 3 is 2.71 bits per heavy atom. The fraction of sp³-hybridized carbons (Fsp3) is 0.538. The molecule has 0 fully saturated rings. The summed E-state index contributed by atoms with van der Waals surface area (Å²) in [6.45, 7) is 3.76. The first-order valence-corrected chi connectivity index (χ1v) is 6.19. The van der Waals surface area contributed by atoms with E-state index in [0.717, 1.165) is 19.5 Å². The SMILES string of the molecule is COc1ccc(CN(C)C(C)CCN)cc1Cl. The van der Waals surface area contributed by atoms with Gasteiger partial charge in [0.25, 0.3) is 0 Å². The lowest BCUT2D eigenvalue weighted by Crippen LogP contribution is -2.30. The number of ether oxygens (including phenoxy) is 1. The quantitative estimate of drug-likeness (QED) is 0.850. The molecule has 0 amide bonds. The maximum Gasteiger partial charge on any atom is 0.137 e. The van der Waals surface area contributed by atoms with Gasteiger partial charge in [0.05, 0.1) is 12.1 Å². The van der Waals surface area contributed by atoms with E-state index < -0.39 is 0 Å². The van der Waals surface area contributed by atoms with Crippen LogP contribution in [0.5, 0.6) is 5.75 Å². The molecule has 1 atom stereocenters. The molecule has 0 aliphatic heterocycles. The van der Waals surface area contributed by atoms with Crippen molar-refractivity contribution in [2.45, 2.75) is 25.9 Å². The second-order valence-electron chi connectivity index (χ2n) is 4.31. The van der Waals surface area contributed by atoms with Crippen LogP contribution in [0.25, 0.3) is 0 Å². The molecule has 17 heavy (non-hydrogen) atoms. The first kappa shape index (κ1) is 14.3. The number of halogens is 1. The molecule has 3 nitrogen and oxygen atoms in total. The molecule has 0 spiro atoms. The number of nitrogens with two attached hydrogens (primary N) is 1. The molecule has 1 aromatic carbocycles. The third-order valence-electron chi connectivity index (χ3n) is 2.99. The van der Waals surface area contributed by atoms with E-state index in [1.54, 1.807) is 7.11 Å². The smallest absolute Gasteiger partial charge is 0.137 e. The van der Waals surface area contributed by atoms with Crippen molar-refractivity contribution in [2.75, 3.05) is 20.7 Å². The third kappa shape index (κ3) is 4.19. The number of hydrogen-bond acceptors (Lipinski definition) is 3. The average Bonchev–Trinajstić information content (AvgIpc) is 2.29. The van der Waals surface area contributed by atoms with Gasteiger partial charge in [-0.25, -0.2) is 0 Å². The Morgan fingerprint density at radius 2 is 2.18 bits per heavy atom. The maximum absolute atomic E-state index is 6.09. The highest BCUT2D eigenvalue weighted by Crippen LogP contribution is 2.25. The summed E-state index contributed by atoms with van der Waals surface area (Å²) in [4.78, 5) is 2.27. The predicted octanol–water partition coefficient (Wildman–Crippen LogP) is 2.52. The number of nitrogens with zero attached hydrogens (tertiary/aromatic N) is 1. The lowest BCUT2D eigenvalue weighted by molar-refractivity contribution is 0.240. The number of rotatable bonds is 6. The summed E-state index contributed by atoms with van der Waals surface area (Å²) in [5.74, 6) is 0.716. The van der Waals surface area contributed by atoms with Gasteiger partial charge < -0.3 is 10.5 Å². The highest BCUT2D eigenvalue weighted by Gasteiger charge is 2.09. The van der Waals surface area contributed by atoms with Crippen molar-refractivity contribution in [2.24, 2.45) is 5.73 Å². The first-order valence-electron chi connectivity index (χ1n) is 5.81. The van der Waals surface area contributed by atoms with E-state index in [0.29, 0.717) is 16.8 Å². The molecule has 96 valence electrons. The molecule has 0 saturated heterocycles. The van der Waals surface area contributed by atoms with E-state index in [9.17, 15) is 0 Å². The Labute approximate surface area is 109 Å². The summed E-state index contributed by atoms with van der Waals surface area (Å²) >= 11 is 6.09. The second-order valence-corrected chi connectivity index (χ2v) is 4.72. The van der Waals surface area contributed by atoms with Crippen molar-refractivity contribution in [1.29, 1.82) is 0 Å². The van der Waals surface area contributed by atoms with Gasteiger partial charge in [-0.1, -0.05) is 17.7 Å². The maximum atomic E-state index is 6.09. The van der Waals surface area contributed by atoms with Crippen molar-refractivity contribution < 1.29 is 4.74 Å². The number of hydrogen-bond donors (Lipinski definition) is 1. The summed E-state index contributed by atoms with van der Waals surface area (Å²) < 4.78 is 5.13. The molecule has 0 aromatic heterocycles. The van der Waals surface area contributed by atoms with Crippen molar-refractivity contribution in [3.8, 4) is 5.75 Å². The van der Waals surface area contributed by atoms with Gasteiger partial charge in [-0.3, -0.25) is 4.90 Å². The molecule has 0 aliphatic carbocycles. The minimum Gasteiger partial charge on any atom is -0.495 e. The van der Waals surface area contributed by atoms with Crippen LogP contribution < -0.4 is 10.5 Å². The van der Waals surface area contributed by atoms with Crippen LogP contribution in [0.15, 0.2) is 18.2 Å². The molecular formula is C13H21ClN2O. The van der Waals surface area contributed by atoms with E-state index in [2.05, 4.69) is 18.9 Å². The monoisotopic (exact) mass is 256 g/mol. The molecule has 1 unspecified atom stereocenters. The van der Waals surface area contributed by atoms with Crippen LogP contribution in [0.3, 0.4) is 0 Å². The van der Waals surface area contributed by atoms with Crippen LogP contribution in [0, 0.1) is 0 Å². The number of methoxy groups -OCH3 is 1. The van der Waals surface area contributed by atoms with Crippen LogP contribution in [0.1, 0.15) is 18.9 Å². The van der Waals surface area contributed by atoms with E-state index in [1.165, 1.54) is 5.56 Å². The Hall–Kier alpha value is -0.770. The van der Waals surface area contributed by atoms with Crippen molar-refractivity contribution in [3.05, 3.63) is 28.8 Å². The highest BCUT2D eigenvalue weighted by molar-refractivity contribution is 6.32. The highest BCUT2D eigenvalue weighted by atomic mass is 35.5. The normalized spacial score (nSPS) is 12.8. The zero-order chi connectivity index (χ0) is 12.8. The van der Waals surface area contributed by atoms with E-state index >= 15 is 0 Å². The molecule has 0 radical (unpaired) electrons. The Balaban J connectivity index is 2.65. The molecule has 1 rings (SSSR count). The minimum atomic E-state index is 0.473. The van der Waals surface area contributed by atoms with Gasteiger partial charge in [0.1, 0.15) is 5.75 Å². The summed E-state index contributed by atoms with van der Waals surface area (Å²) in [5, 5.41) is 0.657. The van der Waals surface area contributed by atoms with Gasteiger partial charge in [-0.05, 0) is 44.6 Å². The van der Waals surface area contributed by atoms with Crippen molar-refractivity contribution in [1.82, 2.24) is 4.90 Å². The average molecular weight is 257 g/mol. The molecule has 0 aliphatic rings. The van der Waals surface area contributed by atoms with Crippen LogP contribution >= 0.6 is 11.6 Å². The molecule has 1 aromatic rings. The molecule has 0 heterocycles. The van der Waals surface area contributed by atoms with Crippen LogP contribution in [0.4, 0.5) is 0 Å². The first-order chi connectivity index (χ1) is 8.08. The lowest BCUT2D eigenvalue weighted by Gasteiger charge is -2.24. The van der Waals surface area contributed by atoms with Gasteiger partial charge in [0.2, 0.25) is 0 Å². The van der Waals surface area contributed by atoms with Gasteiger partial charge in [-0.2, -0.15) is 0 Å². The minimum absolute atomic E-state index is 0.473. The van der Waals surface area contributed by atoms with Crippen LogP contribution in [-0.4, -0.2) is 31.6 Å². The predicted molar refractivity (Wildman–Crippen MR) is 72.6 cm³/mol. The van der Waals surface area contributed by atoms with E-state index in [4.69, 9.17) is 22.1 Å². The summed E-state index contributed by atoms with van der Waals surface area (Å²) in [6.07, 6.45) is 1.00. The summed E-state index contributed by atoms with van der Waals surface area (Å²) in [5.41, 5.74) is 6.74. The standard InChI is InChI=1S/C13H21ClN2O/c1-10(6-7-15)16(2)9-11-4-5-13(17-3)12(14)8-11/h4-5,8,10H,6-7,9,15H2,1-3H3.